The Morgan fingerprint density at radius 2 is 1.94 bits per heavy atom. The molecule has 1 aromatic heterocycles. The smallest absolute Gasteiger partial charge is 0.407 e. The Labute approximate surface area is 193 Å². The van der Waals surface area contributed by atoms with Gasteiger partial charge in [0.05, 0.1) is 24.3 Å². The van der Waals surface area contributed by atoms with Crippen LogP contribution in [0.4, 0.5) is 4.79 Å². The maximum absolute atomic E-state index is 13.0. The Morgan fingerprint density at radius 3 is 2.62 bits per heavy atom. The molecule has 10 heteroatoms. The molecule has 32 heavy (non-hydrogen) atoms. The molecule has 1 saturated carbocycles. The van der Waals surface area contributed by atoms with Crippen molar-refractivity contribution in [2.24, 2.45) is 5.92 Å². The third-order valence-electron chi connectivity index (χ3n) is 5.61. The standard InChI is InChI=1S/C22H34N4O5S/c1-6-30-20(28)13-7-8-14(16(11-13)25-21(29)31-22(2,3)4)23-18(27)19-24-15-9-10-26(5)12-17(15)32-19/h13-14,16H,6-12H2,1-5H3,(H,23,27)(H,25,29)/t13-,14?,16?/m1/s1. The fourth-order valence-electron chi connectivity index (χ4n) is 4.09. The average Bonchev–Trinajstić information content (AvgIpc) is 3.11. The quantitative estimate of drug-likeness (QED) is 0.642. The first-order valence-corrected chi connectivity index (χ1v) is 12.0. The second kappa shape index (κ2) is 10.2. The Bertz CT molecular complexity index is 850. The Kier molecular flexibility index (Phi) is 7.76. The lowest BCUT2D eigenvalue weighted by molar-refractivity contribution is -0.149. The SMILES string of the molecule is CCOC(=O)[C@@H]1CCC(NC(=O)c2nc3c(s2)CN(C)CC3)C(NC(=O)OC(C)(C)C)C1. The summed E-state index contributed by atoms with van der Waals surface area (Å²) in [5.74, 6) is -0.849. The van der Waals surface area contributed by atoms with Crippen molar-refractivity contribution in [3.8, 4) is 0 Å². The zero-order chi connectivity index (χ0) is 23.5. The summed E-state index contributed by atoms with van der Waals surface area (Å²) in [4.78, 5) is 45.6. The molecular weight excluding hydrogens is 432 g/mol. The van der Waals surface area contributed by atoms with Gasteiger partial charge in [0.2, 0.25) is 0 Å². The van der Waals surface area contributed by atoms with Crippen LogP contribution < -0.4 is 10.6 Å². The Balaban J connectivity index is 1.70. The maximum Gasteiger partial charge on any atom is 0.407 e. The Hall–Kier alpha value is -2.20. The van der Waals surface area contributed by atoms with Crippen LogP contribution in [-0.4, -0.2) is 65.7 Å². The molecule has 0 spiro atoms. The number of hydrogen-bond acceptors (Lipinski definition) is 8. The summed E-state index contributed by atoms with van der Waals surface area (Å²) in [5, 5.41) is 6.33. The number of nitrogens with zero attached hydrogens (tertiary/aromatic N) is 2. The average molecular weight is 467 g/mol. The van der Waals surface area contributed by atoms with Gasteiger partial charge in [-0.05, 0) is 54.0 Å². The minimum Gasteiger partial charge on any atom is -0.466 e. The molecule has 2 amide bonds. The van der Waals surface area contributed by atoms with Gasteiger partial charge in [0.1, 0.15) is 5.60 Å². The molecule has 1 fully saturated rings. The highest BCUT2D eigenvalue weighted by Crippen LogP contribution is 2.28. The number of fused-ring (bicyclic) bond motifs is 1. The highest BCUT2D eigenvalue weighted by Gasteiger charge is 2.37. The number of amides is 2. The zero-order valence-corrected chi connectivity index (χ0v) is 20.3. The van der Waals surface area contributed by atoms with Gasteiger partial charge in [-0.3, -0.25) is 9.59 Å². The first kappa shape index (κ1) is 24.4. The van der Waals surface area contributed by atoms with Crippen LogP contribution in [0.25, 0.3) is 0 Å². The van der Waals surface area contributed by atoms with E-state index in [1.54, 1.807) is 27.7 Å². The van der Waals surface area contributed by atoms with Crippen LogP contribution in [0.3, 0.4) is 0 Å². The van der Waals surface area contributed by atoms with E-state index in [4.69, 9.17) is 9.47 Å². The van der Waals surface area contributed by atoms with E-state index < -0.39 is 17.7 Å². The Morgan fingerprint density at radius 1 is 1.19 bits per heavy atom. The number of rotatable bonds is 5. The molecular formula is C22H34N4O5S. The number of alkyl carbamates (subject to hydrolysis) is 1. The minimum absolute atomic E-state index is 0.248. The number of carbonyl (C=O) groups is 3. The van der Waals surface area contributed by atoms with Gasteiger partial charge >= 0.3 is 12.1 Å². The predicted molar refractivity (Wildman–Crippen MR) is 121 cm³/mol. The third kappa shape index (κ3) is 6.41. The largest absolute Gasteiger partial charge is 0.466 e. The van der Waals surface area contributed by atoms with Crippen LogP contribution in [0.5, 0.6) is 0 Å². The topological polar surface area (TPSA) is 110 Å². The summed E-state index contributed by atoms with van der Waals surface area (Å²) < 4.78 is 10.6. The fraction of sp³-hybridized carbons (Fsp3) is 0.727. The van der Waals surface area contributed by atoms with E-state index in [1.807, 2.05) is 0 Å². The molecule has 1 aliphatic heterocycles. The molecule has 2 unspecified atom stereocenters. The lowest BCUT2D eigenvalue weighted by Crippen LogP contribution is -2.56. The first-order valence-electron chi connectivity index (χ1n) is 11.2. The van der Waals surface area contributed by atoms with Gasteiger partial charge in [0, 0.05) is 30.4 Å². The number of thiazole rings is 1. The number of hydrogen-bond donors (Lipinski definition) is 2. The summed E-state index contributed by atoms with van der Waals surface area (Å²) in [6, 6.07) is -0.776. The molecule has 3 rings (SSSR count). The van der Waals surface area contributed by atoms with Gasteiger partial charge in [-0.1, -0.05) is 0 Å². The normalized spacial score (nSPS) is 23.7. The summed E-state index contributed by atoms with van der Waals surface area (Å²) in [5.41, 5.74) is 0.346. The molecule has 178 valence electrons. The number of esters is 1. The van der Waals surface area contributed by atoms with Gasteiger partial charge < -0.3 is 25.0 Å². The van der Waals surface area contributed by atoms with Gasteiger partial charge in [0.15, 0.2) is 5.01 Å². The number of nitrogens with one attached hydrogen (secondary N) is 2. The van der Waals surface area contributed by atoms with Gasteiger partial charge in [-0.25, -0.2) is 9.78 Å². The van der Waals surface area contributed by atoms with E-state index in [1.165, 1.54) is 11.3 Å². The van der Waals surface area contributed by atoms with Gasteiger partial charge in [-0.2, -0.15) is 0 Å². The highest BCUT2D eigenvalue weighted by atomic mass is 32.1. The molecule has 3 atom stereocenters. The fourth-order valence-corrected chi connectivity index (χ4v) is 5.18. The molecule has 0 saturated heterocycles. The van der Waals surface area contributed by atoms with Crippen LogP contribution >= 0.6 is 11.3 Å². The molecule has 2 heterocycles. The van der Waals surface area contributed by atoms with Gasteiger partial charge in [-0.15, -0.1) is 11.3 Å². The van der Waals surface area contributed by atoms with Crippen LogP contribution in [-0.2, 0) is 27.2 Å². The van der Waals surface area contributed by atoms with E-state index in [0.717, 1.165) is 30.1 Å². The van der Waals surface area contributed by atoms with Crippen molar-refractivity contribution in [1.29, 1.82) is 0 Å². The van der Waals surface area contributed by atoms with Crippen molar-refractivity contribution in [3.63, 3.8) is 0 Å². The van der Waals surface area contributed by atoms with E-state index in [-0.39, 0.29) is 23.8 Å². The van der Waals surface area contributed by atoms with Crippen LogP contribution in [0.2, 0.25) is 0 Å². The third-order valence-corrected chi connectivity index (χ3v) is 6.69. The van der Waals surface area contributed by atoms with Crippen molar-refractivity contribution in [2.75, 3.05) is 20.2 Å². The van der Waals surface area contributed by atoms with E-state index in [0.29, 0.717) is 30.9 Å². The molecule has 0 aromatic carbocycles. The van der Waals surface area contributed by atoms with Crippen LogP contribution in [0, 0.1) is 5.92 Å². The van der Waals surface area contributed by atoms with Crippen LogP contribution in [0.15, 0.2) is 0 Å². The monoisotopic (exact) mass is 466 g/mol. The molecule has 2 aliphatic rings. The first-order chi connectivity index (χ1) is 15.1. The maximum atomic E-state index is 13.0. The summed E-state index contributed by atoms with van der Waals surface area (Å²) in [6.45, 7) is 9.17. The van der Waals surface area contributed by atoms with Crippen molar-refractivity contribution in [2.45, 2.75) is 77.6 Å². The lowest BCUT2D eigenvalue weighted by atomic mass is 9.82. The van der Waals surface area contributed by atoms with E-state index in [9.17, 15) is 14.4 Å². The van der Waals surface area contributed by atoms with Crippen molar-refractivity contribution < 1.29 is 23.9 Å². The summed E-state index contributed by atoms with van der Waals surface area (Å²) >= 11 is 1.42. The minimum atomic E-state index is -0.648. The number of likely N-dealkylation sites (N-methyl/N-ethyl adjacent to an activating group) is 1. The highest BCUT2D eigenvalue weighted by molar-refractivity contribution is 7.13. The second-order valence-electron chi connectivity index (χ2n) is 9.47. The van der Waals surface area contributed by atoms with Crippen molar-refractivity contribution in [1.82, 2.24) is 20.5 Å². The zero-order valence-electron chi connectivity index (χ0n) is 19.5. The number of ether oxygens (including phenoxy) is 2. The summed E-state index contributed by atoms with van der Waals surface area (Å²) in [7, 11) is 2.05. The molecule has 2 N–H and O–H groups in total. The number of aromatic nitrogens is 1. The molecule has 9 nitrogen and oxygen atoms in total. The lowest BCUT2D eigenvalue weighted by Gasteiger charge is -2.36. The van der Waals surface area contributed by atoms with Crippen molar-refractivity contribution in [3.05, 3.63) is 15.6 Å². The molecule has 1 aliphatic carbocycles. The van der Waals surface area contributed by atoms with Crippen LogP contribution in [0.1, 0.15) is 67.3 Å². The molecule has 0 radical (unpaired) electrons. The van der Waals surface area contributed by atoms with Gasteiger partial charge in [0.25, 0.3) is 5.91 Å². The molecule has 1 aromatic rings. The van der Waals surface area contributed by atoms with E-state index in [2.05, 4.69) is 27.6 Å². The van der Waals surface area contributed by atoms with E-state index >= 15 is 0 Å². The predicted octanol–water partition coefficient (Wildman–Crippen LogP) is 2.49. The van der Waals surface area contributed by atoms with Crippen molar-refractivity contribution >= 4 is 29.3 Å². The summed E-state index contributed by atoms with van der Waals surface area (Å²) in [6.07, 6.45) is 1.77. The molecule has 0 bridgehead atoms. The second-order valence-corrected chi connectivity index (χ2v) is 10.6. The number of carbonyl (C=O) groups excluding carboxylic acids is 3.